The summed E-state index contributed by atoms with van der Waals surface area (Å²) in [5.74, 6) is -2.52. The van der Waals surface area contributed by atoms with Gasteiger partial charge in [0.15, 0.2) is 12.2 Å². The van der Waals surface area contributed by atoms with Crippen molar-refractivity contribution >= 4 is 35.5 Å². The third-order valence-corrected chi connectivity index (χ3v) is 4.20. The van der Waals surface area contributed by atoms with Gasteiger partial charge >= 0.3 is 24.1 Å². The van der Waals surface area contributed by atoms with Crippen molar-refractivity contribution in [2.45, 2.75) is 25.0 Å². The van der Waals surface area contributed by atoms with Crippen molar-refractivity contribution in [3.05, 3.63) is 59.7 Å². The van der Waals surface area contributed by atoms with Crippen LogP contribution in [-0.4, -0.2) is 71.0 Å². The second kappa shape index (κ2) is 14.1. The Morgan fingerprint density at radius 3 is 1.21 bits per heavy atom. The molecular formula is C22H26N2O10. The molecule has 0 aliphatic heterocycles. The lowest BCUT2D eigenvalue weighted by Gasteiger charge is -2.07. The molecule has 184 valence electrons. The molecule has 0 bridgehead atoms. The summed E-state index contributed by atoms with van der Waals surface area (Å²) >= 11 is 0. The number of methoxy groups -OCH3 is 2. The normalized spacial score (nSPS) is 11.6. The summed E-state index contributed by atoms with van der Waals surface area (Å²) in [6, 6.07) is 12.9. The van der Waals surface area contributed by atoms with Gasteiger partial charge in [-0.2, -0.15) is 0 Å². The Balaban J connectivity index is 0.000000340. The number of anilines is 2. The van der Waals surface area contributed by atoms with Crippen molar-refractivity contribution in [1.82, 2.24) is 0 Å². The number of hydrogen-bond acceptors (Lipinski definition) is 8. The van der Waals surface area contributed by atoms with Gasteiger partial charge in [-0.3, -0.25) is 10.6 Å². The van der Waals surface area contributed by atoms with E-state index in [2.05, 4.69) is 20.1 Å². The Labute approximate surface area is 194 Å². The fraction of sp³-hybridized carbons (Fsp3) is 0.273. The average molecular weight is 478 g/mol. The number of aliphatic hydroxyl groups excluding tert-OH is 2. The molecule has 34 heavy (non-hydrogen) atoms. The molecule has 0 saturated carbocycles. The van der Waals surface area contributed by atoms with Crippen LogP contribution in [-0.2, 0) is 31.9 Å². The lowest BCUT2D eigenvalue weighted by Crippen LogP contribution is -2.21. The molecule has 12 nitrogen and oxygen atoms in total. The van der Waals surface area contributed by atoms with E-state index in [4.69, 9.17) is 20.4 Å². The van der Waals surface area contributed by atoms with Crippen molar-refractivity contribution in [3.63, 3.8) is 0 Å². The Kier molecular flexibility index (Phi) is 11.5. The van der Waals surface area contributed by atoms with Gasteiger partial charge in [-0.15, -0.1) is 0 Å². The van der Waals surface area contributed by atoms with E-state index >= 15 is 0 Å². The van der Waals surface area contributed by atoms with Gasteiger partial charge in [-0.25, -0.2) is 19.2 Å². The zero-order valence-corrected chi connectivity index (χ0v) is 18.4. The number of aliphatic carboxylic acids is 2. The van der Waals surface area contributed by atoms with Crippen molar-refractivity contribution in [2.75, 3.05) is 24.9 Å². The van der Waals surface area contributed by atoms with Gasteiger partial charge in [0.1, 0.15) is 0 Å². The number of benzene rings is 2. The molecule has 2 aromatic rings. The molecule has 2 rings (SSSR count). The third kappa shape index (κ3) is 10.4. The van der Waals surface area contributed by atoms with Crippen LogP contribution < -0.4 is 10.6 Å². The largest absolute Gasteiger partial charge is 0.479 e. The molecule has 2 atom stereocenters. The summed E-state index contributed by atoms with van der Waals surface area (Å²) in [6.07, 6.45) is -3.96. The fourth-order valence-electron chi connectivity index (χ4n) is 2.41. The lowest BCUT2D eigenvalue weighted by atomic mass is 10.1. The summed E-state index contributed by atoms with van der Waals surface area (Å²) in [5, 5.41) is 40.2. The number of carbonyl (C=O) groups excluding carboxylic acids is 2. The number of amides is 2. The molecule has 2 aromatic carbocycles. The predicted octanol–water partition coefficient (Wildman–Crippen LogP) is 1.71. The number of rotatable bonds is 8. The van der Waals surface area contributed by atoms with Gasteiger partial charge < -0.3 is 29.9 Å². The van der Waals surface area contributed by atoms with Crippen molar-refractivity contribution in [2.24, 2.45) is 0 Å². The van der Waals surface area contributed by atoms with Gasteiger partial charge in [-0.1, -0.05) is 24.3 Å². The summed E-state index contributed by atoms with van der Waals surface area (Å²) in [6.45, 7) is 0. The first-order chi connectivity index (χ1) is 16.0. The number of carbonyl (C=O) groups is 4. The van der Waals surface area contributed by atoms with Gasteiger partial charge in [0.05, 0.1) is 14.2 Å². The van der Waals surface area contributed by atoms with Crippen LogP contribution in [0.3, 0.4) is 0 Å². The van der Waals surface area contributed by atoms with Crippen molar-refractivity contribution in [3.8, 4) is 0 Å². The maximum atomic E-state index is 10.9. The van der Waals surface area contributed by atoms with Gasteiger partial charge in [0.2, 0.25) is 0 Å². The molecule has 0 saturated heterocycles. The molecule has 2 unspecified atom stereocenters. The Morgan fingerprint density at radius 2 is 0.971 bits per heavy atom. The zero-order chi connectivity index (χ0) is 25.7. The van der Waals surface area contributed by atoms with E-state index in [1.165, 1.54) is 14.2 Å². The minimum absolute atomic E-state index is 0.0217. The highest BCUT2D eigenvalue weighted by Gasteiger charge is 2.14. The monoisotopic (exact) mass is 478 g/mol. The van der Waals surface area contributed by atoms with E-state index < -0.39 is 36.3 Å². The molecule has 0 spiro atoms. The Bertz CT molecular complexity index is 881. The molecule has 12 heteroatoms. The summed E-state index contributed by atoms with van der Waals surface area (Å²) in [5.41, 5.74) is 2.39. The first kappa shape index (κ1) is 27.9. The zero-order valence-electron chi connectivity index (χ0n) is 18.4. The highest BCUT2D eigenvalue weighted by molar-refractivity contribution is 5.85. The van der Waals surface area contributed by atoms with Crippen LogP contribution in [0, 0.1) is 0 Å². The molecule has 2 amide bonds. The predicted molar refractivity (Wildman–Crippen MR) is 120 cm³/mol. The van der Waals surface area contributed by atoms with Crippen molar-refractivity contribution < 1.29 is 49.1 Å². The lowest BCUT2D eigenvalue weighted by molar-refractivity contribution is -0.147. The van der Waals surface area contributed by atoms with Crippen LogP contribution in [0.2, 0.25) is 0 Å². The maximum absolute atomic E-state index is 10.9. The molecule has 0 fully saturated rings. The van der Waals surface area contributed by atoms with Gasteiger partial charge in [0, 0.05) is 24.2 Å². The number of aliphatic hydroxyl groups is 2. The van der Waals surface area contributed by atoms with Gasteiger partial charge in [-0.05, 0) is 35.4 Å². The minimum atomic E-state index is -1.42. The number of carboxylic acid groups (broad SMARTS) is 2. The smallest absolute Gasteiger partial charge is 0.411 e. The quantitative estimate of drug-likeness (QED) is 0.325. The number of carboxylic acids is 2. The number of ether oxygens (including phenoxy) is 2. The van der Waals surface area contributed by atoms with Crippen LogP contribution in [0.4, 0.5) is 21.0 Å². The van der Waals surface area contributed by atoms with E-state index in [1.807, 2.05) is 0 Å². The average Bonchev–Trinajstić information content (AvgIpc) is 2.81. The fourth-order valence-corrected chi connectivity index (χ4v) is 2.41. The molecular weight excluding hydrogens is 452 g/mol. The van der Waals surface area contributed by atoms with Crippen LogP contribution in [0.5, 0.6) is 0 Å². The SMILES string of the molecule is COC(=O)Nc1ccc(CC(O)C(=O)O)cc1.COC(=O)Nc1ccc(CC(O)C(=O)O)cc1. The Hall–Kier alpha value is -4.16. The van der Waals surface area contributed by atoms with Gasteiger partial charge in [0.25, 0.3) is 0 Å². The second-order valence-corrected chi connectivity index (χ2v) is 6.74. The first-order valence-corrected chi connectivity index (χ1v) is 9.75. The van der Waals surface area contributed by atoms with E-state index in [9.17, 15) is 19.2 Å². The summed E-state index contributed by atoms with van der Waals surface area (Å²) < 4.78 is 8.83. The number of hydrogen-bond donors (Lipinski definition) is 6. The standard InChI is InChI=1S/2C11H13NO5/c2*1-17-11(16)12-8-4-2-7(3-5-8)6-9(13)10(14)15/h2*2-5,9,13H,6H2,1H3,(H,12,16)(H,14,15). The van der Waals surface area contributed by atoms with Crippen LogP contribution >= 0.6 is 0 Å². The first-order valence-electron chi connectivity index (χ1n) is 9.75. The van der Waals surface area contributed by atoms with Crippen LogP contribution in [0.15, 0.2) is 48.5 Å². The second-order valence-electron chi connectivity index (χ2n) is 6.74. The summed E-state index contributed by atoms with van der Waals surface area (Å²) in [4.78, 5) is 42.6. The van der Waals surface area contributed by atoms with Crippen molar-refractivity contribution in [1.29, 1.82) is 0 Å². The van der Waals surface area contributed by atoms with E-state index in [-0.39, 0.29) is 12.8 Å². The molecule has 0 heterocycles. The van der Waals surface area contributed by atoms with E-state index in [0.29, 0.717) is 22.5 Å². The molecule has 0 aliphatic rings. The van der Waals surface area contributed by atoms with E-state index in [0.717, 1.165) is 0 Å². The molecule has 0 radical (unpaired) electrons. The van der Waals surface area contributed by atoms with Crippen LogP contribution in [0.1, 0.15) is 11.1 Å². The minimum Gasteiger partial charge on any atom is -0.479 e. The van der Waals surface area contributed by atoms with E-state index in [1.54, 1.807) is 48.5 Å². The molecule has 6 N–H and O–H groups in total. The van der Waals surface area contributed by atoms with Crippen LogP contribution in [0.25, 0.3) is 0 Å². The maximum Gasteiger partial charge on any atom is 0.411 e. The highest BCUT2D eigenvalue weighted by atomic mass is 16.5. The molecule has 0 aromatic heterocycles. The molecule has 0 aliphatic carbocycles. The highest BCUT2D eigenvalue weighted by Crippen LogP contribution is 2.12. The number of nitrogens with one attached hydrogen (secondary N) is 2. The Morgan fingerprint density at radius 1 is 0.676 bits per heavy atom. The topological polar surface area (TPSA) is 192 Å². The third-order valence-electron chi connectivity index (χ3n) is 4.20. The summed E-state index contributed by atoms with van der Waals surface area (Å²) in [7, 11) is 2.51.